The highest BCUT2D eigenvalue weighted by Gasteiger charge is 2.22. The molecule has 7 nitrogen and oxygen atoms in total. The predicted octanol–water partition coefficient (Wildman–Crippen LogP) is 1.66. The first-order valence-electron chi connectivity index (χ1n) is 4.87. The molecule has 0 saturated carbocycles. The minimum absolute atomic E-state index is 0.0305. The molecule has 0 radical (unpaired) electrons. The molecular weight excluding hydrogens is 343 g/mol. The molecule has 19 heavy (non-hydrogen) atoms. The summed E-state index contributed by atoms with van der Waals surface area (Å²) in [6, 6.07) is 1.67. The number of benzene rings is 1. The maximum atomic E-state index is 13.2. The zero-order valence-electron chi connectivity index (χ0n) is 9.52. The number of nitrogens with zero attached hydrogens (tertiary/aromatic N) is 2. The molecule has 0 atom stereocenters. The van der Waals surface area contributed by atoms with Crippen LogP contribution in [0.4, 0.5) is 16.1 Å². The Morgan fingerprint density at radius 3 is 2.68 bits per heavy atom. The number of hydrogen-bond acceptors (Lipinski definition) is 6. The molecule has 0 unspecified atom stereocenters. The van der Waals surface area contributed by atoms with Crippen molar-refractivity contribution >= 4 is 37.7 Å². The smallest absolute Gasteiger partial charge is 0.329 e. The zero-order valence-corrected chi connectivity index (χ0v) is 11.9. The van der Waals surface area contributed by atoms with E-state index in [-0.39, 0.29) is 27.0 Å². The molecule has 1 heterocycles. The van der Waals surface area contributed by atoms with E-state index in [1.165, 1.54) is 6.92 Å². The third kappa shape index (κ3) is 2.84. The second-order valence-electron chi connectivity index (χ2n) is 3.54. The maximum absolute atomic E-state index is 13.2. The fraction of sp³-hybridized carbons (Fsp3) is 0.111. The van der Waals surface area contributed by atoms with Gasteiger partial charge in [-0.25, -0.2) is 17.5 Å². The second kappa shape index (κ2) is 4.78. The van der Waals surface area contributed by atoms with Crippen molar-refractivity contribution in [2.45, 2.75) is 11.8 Å². The Kier molecular flexibility index (Phi) is 3.45. The molecule has 0 aliphatic heterocycles. The normalized spacial score (nSPS) is 11.5. The molecule has 0 amide bonds. The number of nitrogens with one attached hydrogen (secondary N) is 1. The highest BCUT2D eigenvalue weighted by Crippen LogP contribution is 2.28. The van der Waals surface area contributed by atoms with Gasteiger partial charge < -0.3 is 10.2 Å². The standard InChI is InChI=1S/C9H8BrFN4O3S/c1-4-13-14-9(18-4)15-19(16,17)8-3-7(12)6(11)2-5(8)10/h2-3H,12H2,1H3,(H,14,15). The number of anilines is 2. The van der Waals surface area contributed by atoms with Crippen LogP contribution in [0, 0.1) is 12.7 Å². The van der Waals surface area contributed by atoms with Gasteiger partial charge >= 0.3 is 6.01 Å². The molecule has 0 aliphatic rings. The maximum Gasteiger partial charge on any atom is 0.329 e. The third-order valence-electron chi connectivity index (χ3n) is 2.09. The molecule has 1 aromatic carbocycles. The summed E-state index contributed by atoms with van der Waals surface area (Å²) in [6.07, 6.45) is 0. The first-order valence-corrected chi connectivity index (χ1v) is 7.14. The fourth-order valence-corrected chi connectivity index (χ4v) is 3.23. The van der Waals surface area contributed by atoms with Crippen LogP contribution in [-0.2, 0) is 10.0 Å². The average molecular weight is 351 g/mol. The molecule has 0 bridgehead atoms. The van der Waals surface area contributed by atoms with Crippen molar-refractivity contribution in [3.63, 3.8) is 0 Å². The van der Waals surface area contributed by atoms with Gasteiger partial charge in [0.15, 0.2) is 0 Å². The minimum atomic E-state index is -4.01. The number of halogens is 2. The Hall–Kier alpha value is -1.68. The fourth-order valence-electron chi connectivity index (χ4n) is 1.26. The van der Waals surface area contributed by atoms with Crippen molar-refractivity contribution in [3.8, 4) is 0 Å². The number of sulfonamides is 1. The van der Waals surface area contributed by atoms with E-state index in [1.54, 1.807) is 0 Å². The summed E-state index contributed by atoms with van der Waals surface area (Å²) in [4.78, 5) is -0.234. The van der Waals surface area contributed by atoms with Crippen LogP contribution in [0.5, 0.6) is 0 Å². The first-order chi connectivity index (χ1) is 8.79. The summed E-state index contributed by atoms with van der Waals surface area (Å²) in [6.45, 7) is 1.51. The van der Waals surface area contributed by atoms with Crippen LogP contribution in [-0.4, -0.2) is 18.6 Å². The molecule has 0 aliphatic carbocycles. The van der Waals surface area contributed by atoms with Gasteiger partial charge in [-0.05, 0) is 28.1 Å². The van der Waals surface area contributed by atoms with E-state index in [0.717, 1.165) is 12.1 Å². The molecule has 2 rings (SSSR count). The van der Waals surface area contributed by atoms with E-state index in [1.807, 2.05) is 0 Å². The monoisotopic (exact) mass is 350 g/mol. The lowest BCUT2D eigenvalue weighted by molar-refractivity contribution is 0.534. The summed E-state index contributed by atoms with van der Waals surface area (Å²) in [5, 5.41) is 6.98. The highest BCUT2D eigenvalue weighted by atomic mass is 79.9. The number of aryl methyl sites for hydroxylation is 1. The van der Waals surface area contributed by atoms with Gasteiger partial charge in [0, 0.05) is 11.4 Å². The van der Waals surface area contributed by atoms with Gasteiger partial charge in [0.2, 0.25) is 5.89 Å². The highest BCUT2D eigenvalue weighted by molar-refractivity contribution is 9.10. The van der Waals surface area contributed by atoms with Crippen LogP contribution < -0.4 is 10.5 Å². The van der Waals surface area contributed by atoms with Gasteiger partial charge in [0.1, 0.15) is 10.7 Å². The molecule has 3 N–H and O–H groups in total. The van der Waals surface area contributed by atoms with Gasteiger partial charge in [-0.15, -0.1) is 5.10 Å². The van der Waals surface area contributed by atoms with Crippen molar-refractivity contribution in [2.24, 2.45) is 0 Å². The largest absolute Gasteiger partial charge is 0.408 e. The van der Waals surface area contributed by atoms with E-state index >= 15 is 0 Å². The molecule has 0 spiro atoms. The Balaban J connectivity index is 2.42. The minimum Gasteiger partial charge on any atom is -0.408 e. The van der Waals surface area contributed by atoms with Crippen molar-refractivity contribution in [1.82, 2.24) is 10.2 Å². The molecule has 0 fully saturated rings. The van der Waals surface area contributed by atoms with E-state index in [0.29, 0.717) is 0 Å². The quantitative estimate of drug-likeness (QED) is 0.814. The lowest BCUT2D eigenvalue weighted by Crippen LogP contribution is -2.14. The van der Waals surface area contributed by atoms with Gasteiger partial charge in [-0.1, -0.05) is 5.10 Å². The van der Waals surface area contributed by atoms with Gasteiger partial charge in [-0.3, -0.25) is 0 Å². The van der Waals surface area contributed by atoms with E-state index < -0.39 is 15.8 Å². The molecule has 2 aromatic rings. The average Bonchev–Trinajstić information content (AvgIpc) is 2.68. The SMILES string of the molecule is Cc1nnc(NS(=O)(=O)c2cc(N)c(F)cc2Br)o1. The first kappa shape index (κ1) is 13.7. The summed E-state index contributed by atoms with van der Waals surface area (Å²) in [5.74, 6) is -0.519. The number of hydrogen-bond donors (Lipinski definition) is 2. The number of aromatic nitrogens is 2. The molecule has 1 aromatic heterocycles. The van der Waals surface area contributed by atoms with Crippen LogP contribution in [0.2, 0.25) is 0 Å². The topological polar surface area (TPSA) is 111 Å². The van der Waals surface area contributed by atoms with Crippen molar-refractivity contribution in [1.29, 1.82) is 0 Å². The van der Waals surface area contributed by atoms with Crippen LogP contribution in [0.3, 0.4) is 0 Å². The third-order valence-corrected chi connectivity index (χ3v) is 4.37. The summed E-state index contributed by atoms with van der Waals surface area (Å²) in [5.41, 5.74) is 5.06. The van der Waals surface area contributed by atoms with E-state index in [2.05, 4.69) is 30.8 Å². The van der Waals surface area contributed by atoms with Crippen LogP contribution >= 0.6 is 15.9 Å². The zero-order chi connectivity index (χ0) is 14.2. The Bertz CT molecular complexity index is 731. The van der Waals surface area contributed by atoms with Crippen LogP contribution in [0.15, 0.2) is 25.9 Å². The lowest BCUT2D eigenvalue weighted by Gasteiger charge is -2.07. The summed E-state index contributed by atoms with van der Waals surface area (Å²) < 4.78 is 44.3. The van der Waals surface area contributed by atoms with Crippen LogP contribution in [0.25, 0.3) is 0 Å². The number of rotatable bonds is 3. The van der Waals surface area contributed by atoms with E-state index in [9.17, 15) is 12.8 Å². The van der Waals surface area contributed by atoms with Crippen molar-refractivity contribution in [2.75, 3.05) is 10.5 Å². The molecule has 102 valence electrons. The van der Waals surface area contributed by atoms with Gasteiger partial charge in [0.25, 0.3) is 10.0 Å². The Morgan fingerprint density at radius 2 is 2.11 bits per heavy atom. The van der Waals surface area contributed by atoms with Crippen molar-refractivity contribution in [3.05, 3.63) is 28.3 Å². The Labute approximate surface area is 116 Å². The second-order valence-corrected chi connectivity index (χ2v) is 6.04. The molecule has 10 heteroatoms. The molecular formula is C9H8BrFN4O3S. The van der Waals surface area contributed by atoms with Gasteiger partial charge in [0.05, 0.1) is 5.69 Å². The summed E-state index contributed by atoms with van der Waals surface area (Å²) >= 11 is 2.95. The number of nitrogen functional groups attached to an aromatic ring is 1. The van der Waals surface area contributed by atoms with Gasteiger partial charge in [-0.2, -0.15) is 0 Å². The predicted molar refractivity (Wildman–Crippen MR) is 68.4 cm³/mol. The summed E-state index contributed by atoms with van der Waals surface area (Å²) in [7, 11) is -4.01. The Morgan fingerprint density at radius 1 is 1.42 bits per heavy atom. The lowest BCUT2D eigenvalue weighted by atomic mass is 10.3. The number of nitrogens with two attached hydrogens (primary N) is 1. The van der Waals surface area contributed by atoms with Crippen LogP contribution in [0.1, 0.15) is 5.89 Å². The van der Waals surface area contributed by atoms with Crippen molar-refractivity contribution < 1.29 is 17.2 Å². The molecule has 0 saturated heterocycles. The van der Waals surface area contributed by atoms with E-state index in [4.69, 9.17) is 10.2 Å².